The first-order valence-electron chi connectivity index (χ1n) is 6.16. The second-order valence-corrected chi connectivity index (χ2v) is 4.65. The van der Waals surface area contributed by atoms with Crippen LogP contribution in [0.1, 0.15) is 32.6 Å². The molecule has 3 heteroatoms. The van der Waals surface area contributed by atoms with E-state index in [0.29, 0.717) is 5.54 Å². The van der Waals surface area contributed by atoms with Crippen molar-refractivity contribution in [2.24, 2.45) is 0 Å². The van der Waals surface area contributed by atoms with Gasteiger partial charge in [0.25, 0.3) is 5.56 Å². The normalized spacial score (nSPS) is 18.1. The number of hydrogen-bond acceptors (Lipinski definition) is 2. The van der Waals surface area contributed by atoms with Gasteiger partial charge in [-0.3, -0.25) is 4.79 Å². The van der Waals surface area contributed by atoms with Crippen molar-refractivity contribution in [3.05, 3.63) is 34.7 Å². The fourth-order valence-electron chi connectivity index (χ4n) is 2.35. The highest BCUT2D eigenvalue weighted by atomic mass is 16.1. The summed E-state index contributed by atoms with van der Waals surface area (Å²) in [4.78, 5) is 11.5. The highest BCUT2D eigenvalue weighted by Gasteiger charge is 2.33. The zero-order valence-corrected chi connectivity index (χ0v) is 9.91. The number of hydrogen-bond donors (Lipinski definition) is 1. The van der Waals surface area contributed by atoms with E-state index in [-0.39, 0.29) is 5.56 Å². The molecule has 0 aromatic carbocycles. The summed E-state index contributed by atoms with van der Waals surface area (Å²) in [5.74, 6) is 0. The van der Waals surface area contributed by atoms with Gasteiger partial charge in [0, 0.05) is 30.9 Å². The number of aromatic nitrogens is 1. The average Bonchev–Trinajstić information content (AvgIpc) is 2.25. The lowest BCUT2D eigenvalue weighted by molar-refractivity contribution is 0.176. The molecule has 0 radical (unpaired) electrons. The molecule has 1 aromatic rings. The predicted molar refractivity (Wildman–Crippen MR) is 65.6 cm³/mol. The van der Waals surface area contributed by atoms with Gasteiger partial charge in [0.05, 0.1) is 0 Å². The summed E-state index contributed by atoms with van der Waals surface area (Å²) in [6, 6.07) is 5.30. The number of nitrogens with one attached hydrogen (secondary N) is 1. The van der Waals surface area contributed by atoms with Crippen LogP contribution >= 0.6 is 0 Å². The lowest BCUT2D eigenvalue weighted by Crippen LogP contribution is -2.51. The summed E-state index contributed by atoms with van der Waals surface area (Å²) in [5, 5.41) is 3.60. The maximum Gasteiger partial charge on any atom is 0.250 e. The molecule has 16 heavy (non-hydrogen) atoms. The van der Waals surface area contributed by atoms with Gasteiger partial charge in [0.2, 0.25) is 0 Å². The Hall–Kier alpha value is -1.09. The zero-order valence-electron chi connectivity index (χ0n) is 9.91. The van der Waals surface area contributed by atoms with Crippen LogP contribution in [0.15, 0.2) is 29.2 Å². The summed E-state index contributed by atoms with van der Waals surface area (Å²) in [5.41, 5.74) is 0.460. The molecule has 3 nitrogen and oxygen atoms in total. The highest BCUT2D eigenvalue weighted by Crippen LogP contribution is 2.34. The van der Waals surface area contributed by atoms with Crippen molar-refractivity contribution >= 4 is 0 Å². The van der Waals surface area contributed by atoms with Gasteiger partial charge in [0.1, 0.15) is 0 Å². The van der Waals surface area contributed by atoms with E-state index in [1.54, 1.807) is 16.7 Å². The monoisotopic (exact) mass is 220 g/mol. The fourth-order valence-corrected chi connectivity index (χ4v) is 2.35. The van der Waals surface area contributed by atoms with E-state index in [0.717, 1.165) is 13.1 Å². The molecular formula is C13H20N2O. The van der Waals surface area contributed by atoms with Crippen LogP contribution in [0, 0.1) is 0 Å². The smallest absolute Gasteiger partial charge is 0.250 e. The Balaban J connectivity index is 1.84. The second kappa shape index (κ2) is 4.83. The predicted octanol–water partition coefficient (Wildman–Crippen LogP) is 1.77. The van der Waals surface area contributed by atoms with Crippen molar-refractivity contribution in [1.82, 2.24) is 9.88 Å². The van der Waals surface area contributed by atoms with E-state index in [1.165, 1.54) is 25.7 Å². The van der Waals surface area contributed by atoms with Gasteiger partial charge in [-0.1, -0.05) is 13.0 Å². The first kappa shape index (κ1) is 11.4. The van der Waals surface area contributed by atoms with E-state index < -0.39 is 0 Å². The Kier molecular flexibility index (Phi) is 3.44. The van der Waals surface area contributed by atoms with Crippen LogP contribution < -0.4 is 10.9 Å². The molecule has 0 atom stereocenters. The number of rotatable bonds is 5. The summed E-state index contributed by atoms with van der Waals surface area (Å²) in [6.07, 6.45) is 6.95. The van der Waals surface area contributed by atoms with Gasteiger partial charge in [-0.2, -0.15) is 0 Å². The molecule has 1 aliphatic rings. The molecule has 0 saturated heterocycles. The van der Waals surface area contributed by atoms with Gasteiger partial charge < -0.3 is 9.88 Å². The van der Waals surface area contributed by atoms with Gasteiger partial charge in [-0.05, 0) is 31.7 Å². The standard InChI is InChI=1S/C13H20N2O/c1-2-13(7-5-8-13)14-9-11-15-10-4-3-6-12(15)16/h3-4,6,10,14H,2,5,7-9,11H2,1H3. The van der Waals surface area contributed by atoms with Gasteiger partial charge >= 0.3 is 0 Å². The van der Waals surface area contributed by atoms with E-state index >= 15 is 0 Å². The molecule has 1 fully saturated rings. The minimum absolute atomic E-state index is 0.0865. The number of nitrogens with zero attached hydrogens (tertiary/aromatic N) is 1. The molecule has 1 saturated carbocycles. The summed E-state index contributed by atoms with van der Waals surface area (Å²) >= 11 is 0. The molecule has 1 N–H and O–H groups in total. The maximum atomic E-state index is 11.5. The van der Waals surface area contributed by atoms with Gasteiger partial charge in [-0.25, -0.2) is 0 Å². The van der Waals surface area contributed by atoms with E-state index in [2.05, 4.69) is 12.2 Å². The maximum absolute atomic E-state index is 11.5. The van der Waals surface area contributed by atoms with Crippen LogP contribution in [0.2, 0.25) is 0 Å². The van der Waals surface area contributed by atoms with E-state index in [4.69, 9.17) is 0 Å². The molecule has 0 amide bonds. The van der Waals surface area contributed by atoms with Crippen molar-refractivity contribution in [3.8, 4) is 0 Å². The Morgan fingerprint density at radius 3 is 2.81 bits per heavy atom. The Labute approximate surface area is 96.5 Å². The lowest BCUT2D eigenvalue weighted by atomic mass is 9.75. The molecule has 0 aliphatic heterocycles. The molecule has 0 unspecified atom stereocenters. The second-order valence-electron chi connectivity index (χ2n) is 4.65. The Bertz CT molecular complexity index is 387. The van der Waals surface area contributed by atoms with E-state index in [1.807, 2.05) is 12.3 Å². The largest absolute Gasteiger partial charge is 0.314 e. The summed E-state index contributed by atoms with van der Waals surface area (Å²) < 4.78 is 1.76. The summed E-state index contributed by atoms with van der Waals surface area (Å²) in [6.45, 7) is 3.89. The van der Waals surface area contributed by atoms with Gasteiger partial charge in [-0.15, -0.1) is 0 Å². The summed E-state index contributed by atoms with van der Waals surface area (Å²) in [7, 11) is 0. The van der Waals surface area contributed by atoms with Crippen LogP contribution in [0.25, 0.3) is 0 Å². The lowest BCUT2D eigenvalue weighted by Gasteiger charge is -2.42. The molecule has 1 heterocycles. The molecule has 2 rings (SSSR count). The molecule has 88 valence electrons. The highest BCUT2D eigenvalue weighted by molar-refractivity contribution is 4.96. The van der Waals surface area contributed by atoms with Crippen molar-refractivity contribution in [1.29, 1.82) is 0 Å². The third kappa shape index (κ3) is 2.35. The Morgan fingerprint density at radius 1 is 1.44 bits per heavy atom. The molecule has 1 aliphatic carbocycles. The quantitative estimate of drug-likeness (QED) is 0.820. The first-order chi connectivity index (χ1) is 7.76. The third-order valence-corrected chi connectivity index (χ3v) is 3.74. The average molecular weight is 220 g/mol. The van der Waals surface area contributed by atoms with Crippen molar-refractivity contribution in [2.45, 2.75) is 44.7 Å². The van der Waals surface area contributed by atoms with Crippen LogP contribution in [0.5, 0.6) is 0 Å². The van der Waals surface area contributed by atoms with Crippen LogP contribution in [0.4, 0.5) is 0 Å². The van der Waals surface area contributed by atoms with Crippen LogP contribution in [-0.4, -0.2) is 16.7 Å². The Morgan fingerprint density at radius 2 is 2.25 bits per heavy atom. The van der Waals surface area contributed by atoms with Crippen molar-refractivity contribution in [2.75, 3.05) is 6.54 Å². The van der Waals surface area contributed by atoms with Crippen LogP contribution in [-0.2, 0) is 6.54 Å². The molecule has 1 aromatic heterocycles. The van der Waals surface area contributed by atoms with E-state index in [9.17, 15) is 4.79 Å². The SMILES string of the molecule is CCC1(NCCn2ccccc2=O)CCC1. The fraction of sp³-hybridized carbons (Fsp3) is 0.615. The zero-order chi connectivity index (χ0) is 11.4. The van der Waals surface area contributed by atoms with Crippen LogP contribution in [0.3, 0.4) is 0 Å². The topological polar surface area (TPSA) is 34.0 Å². The third-order valence-electron chi connectivity index (χ3n) is 3.74. The molecular weight excluding hydrogens is 200 g/mol. The number of pyridine rings is 1. The first-order valence-corrected chi connectivity index (χ1v) is 6.16. The molecule has 0 bridgehead atoms. The minimum Gasteiger partial charge on any atom is -0.314 e. The van der Waals surface area contributed by atoms with Crippen molar-refractivity contribution < 1.29 is 0 Å². The molecule has 0 spiro atoms. The van der Waals surface area contributed by atoms with Gasteiger partial charge in [0.15, 0.2) is 0 Å². The minimum atomic E-state index is 0.0865. The van der Waals surface area contributed by atoms with Crippen molar-refractivity contribution in [3.63, 3.8) is 0 Å².